The Kier molecular flexibility index (Phi) is 7.64. The van der Waals surface area contributed by atoms with Gasteiger partial charge in [0.1, 0.15) is 16.5 Å². The second kappa shape index (κ2) is 11.3. The molecule has 0 saturated heterocycles. The topological polar surface area (TPSA) is 97.3 Å². The third kappa shape index (κ3) is 5.83. The van der Waals surface area contributed by atoms with E-state index in [1.807, 2.05) is 62.4 Å². The average Bonchev–Trinajstić information content (AvgIpc) is 3.64. The molecule has 0 radical (unpaired) electrons. The molecule has 5 aromatic rings. The number of furan rings is 1. The number of benzene rings is 2. The summed E-state index contributed by atoms with van der Waals surface area (Å²) >= 11 is 13.0. The largest absolute Gasteiger partial charge is 0.457 e. The number of nitrogens with zero attached hydrogens (tertiary/aromatic N) is 4. The Morgan fingerprint density at radius 3 is 2.68 bits per heavy atom. The standard InChI is InChI=1S/C27H23ClN6O2S2/c1-3-23-31-32-27-34(23)33-25(38-27)18-8-5-17(6-9-18)15-29-26(37)30-24(35)13-11-20-10-12-22(36-20)19-7-4-16(2)21(28)14-19/h4-14H,3,15H2,1-2H3,(H2,29,30,35,37)/b13-11+. The molecule has 0 fully saturated rings. The lowest BCUT2D eigenvalue weighted by molar-refractivity contribution is -0.115. The van der Waals surface area contributed by atoms with Crippen LogP contribution in [0, 0.1) is 6.92 Å². The quantitative estimate of drug-likeness (QED) is 0.190. The van der Waals surface area contributed by atoms with Gasteiger partial charge in [0.05, 0.1) is 0 Å². The van der Waals surface area contributed by atoms with E-state index in [4.69, 9.17) is 28.2 Å². The minimum absolute atomic E-state index is 0.235. The molecule has 0 atom stereocenters. The highest BCUT2D eigenvalue weighted by Gasteiger charge is 2.12. The second-order valence-corrected chi connectivity index (χ2v) is 10.2. The number of carbonyl (C=O) groups excluding carboxylic acids is 1. The maximum atomic E-state index is 12.3. The first-order valence-electron chi connectivity index (χ1n) is 11.8. The van der Waals surface area contributed by atoms with Gasteiger partial charge in [-0.3, -0.25) is 10.1 Å². The number of aryl methyl sites for hydroxylation is 2. The van der Waals surface area contributed by atoms with Crippen molar-refractivity contribution in [1.29, 1.82) is 0 Å². The van der Waals surface area contributed by atoms with Crippen molar-refractivity contribution in [3.63, 3.8) is 0 Å². The van der Waals surface area contributed by atoms with Gasteiger partial charge in [0.15, 0.2) is 10.9 Å². The predicted octanol–water partition coefficient (Wildman–Crippen LogP) is 5.84. The maximum absolute atomic E-state index is 12.3. The van der Waals surface area contributed by atoms with E-state index in [1.54, 1.807) is 16.7 Å². The Morgan fingerprint density at radius 1 is 1.13 bits per heavy atom. The first-order chi connectivity index (χ1) is 18.4. The van der Waals surface area contributed by atoms with Crippen LogP contribution in [0.4, 0.5) is 0 Å². The van der Waals surface area contributed by atoms with Gasteiger partial charge in [0.25, 0.3) is 0 Å². The Balaban J connectivity index is 1.12. The Labute approximate surface area is 233 Å². The summed E-state index contributed by atoms with van der Waals surface area (Å²) in [6, 6.07) is 17.3. The zero-order chi connectivity index (χ0) is 26.6. The first-order valence-corrected chi connectivity index (χ1v) is 13.4. The molecule has 11 heteroatoms. The van der Waals surface area contributed by atoms with Crippen LogP contribution in [-0.4, -0.2) is 30.8 Å². The number of hydrogen-bond donors (Lipinski definition) is 2. The molecular formula is C27H23ClN6O2S2. The number of amides is 1. The van der Waals surface area contributed by atoms with Crippen molar-refractivity contribution in [1.82, 2.24) is 30.4 Å². The predicted molar refractivity (Wildman–Crippen MR) is 154 cm³/mol. The van der Waals surface area contributed by atoms with Gasteiger partial charge in [-0.25, -0.2) is 0 Å². The van der Waals surface area contributed by atoms with Gasteiger partial charge >= 0.3 is 0 Å². The molecule has 0 saturated carbocycles. The number of hydrogen-bond acceptors (Lipinski definition) is 7. The number of fused-ring (bicyclic) bond motifs is 1. The van der Waals surface area contributed by atoms with Gasteiger partial charge in [-0.15, -0.1) is 10.2 Å². The van der Waals surface area contributed by atoms with E-state index in [2.05, 4.69) is 25.9 Å². The fourth-order valence-electron chi connectivity index (χ4n) is 3.64. The highest BCUT2D eigenvalue weighted by molar-refractivity contribution is 7.80. The lowest BCUT2D eigenvalue weighted by Gasteiger charge is -2.08. The van der Waals surface area contributed by atoms with Gasteiger partial charge in [-0.1, -0.05) is 66.3 Å². The van der Waals surface area contributed by atoms with Crippen LogP contribution in [0.25, 0.3) is 32.9 Å². The van der Waals surface area contributed by atoms with Crippen LogP contribution in [0.3, 0.4) is 0 Å². The second-order valence-electron chi connectivity index (χ2n) is 8.44. The van der Waals surface area contributed by atoms with Crippen molar-refractivity contribution in [3.8, 4) is 21.9 Å². The van der Waals surface area contributed by atoms with Crippen molar-refractivity contribution in [2.75, 3.05) is 0 Å². The maximum Gasteiger partial charge on any atom is 0.250 e. The van der Waals surface area contributed by atoms with E-state index in [0.717, 1.165) is 44.5 Å². The van der Waals surface area contributed by atoms with E-state index in [0.29, 0.717) is 23.1 Å². The van der Waals surface area contributed by atoms with E-state index in [9.17, 15) is 4.79 Å². The molecule has 0 unspecified atom stereocenters. The van der Waals surface area contributed by atoms with Crippen LogP contribution in [0.5, 0.6) is 0 Å². The van der Waals surface area contributed by atoms with Crippen molar-refractivity contribution < 1.29 is 9.21 Å². The number of halogens is 1. The summed E-state index contributed by atoms with van der Waals surface area (Å²) in [7, 11) is 0. The average molecular weight is 563 g/mol. The number of thiocarbonyl (C=S) groups is 1. The SMILES string of the molecule is CCc1nnc2sc(-c3ccc(CNC(=S)NC(=O)/C=C/c4ccc(-c5ccc(C)c(Cl)c5)o4)cc3)nn12. The Hall–Kier alpha value is -3.86. The molecule has 2 N–H and O–H groups in total. The lowest BCUT2D eigenvalue weighted by atomic mass is 10.1. The fraction of sp³-hybridized carbons (Fsp3) is 0.148. The van der Waals surface area contributed by atoms with Crippen LogP contribution in [0.1, 0.15) is 29.6 Å². The highest BCUT2D eigenvalue weighted by atomic mass is 35.5. The molecule has 3 heterocycles. The summed E-state index contributed by atoms with van der Waals surface area (Å²) < 4.78 is 7.59. The molecule has 2 aromatic carbocycles. The minimum atomic E-state index is -0.358. The molecule has 5 rings (SSSR count). The molecule has 8 nitrogen and oxygen atoms in total. The summed E-state index contributed by atoms with van der Waals surface area (Å²) in [5.41, 5.74) is 3.88. The van der Waals surface area contributed by atoms with Crippen molar-refractivity contribution in [3.05, 3.63) is 88.4 Å². The van der Waals surface area contributed by atoms with Crippen molar-refractivity contribution in [2.45, 2.75) is 26.8 Å². The lowest BCUT2D eigenvalue weighted by Crippen LogP contribution is -2.37. The number of aromatic nitrogens is 4. The summed E-state index contributed by atoms with van der Waals surface area (Å²) in [5, 5.41) is 20.4. The van der Waals surface area contributed by atoms with E-state index < -0.39 is 0 Å². The van der Waals surface area contributed by atoms with Gasteiger partial charge in [0.2, 0.25) is 10.9 Å². The first kappa shape index (κ1) is 25.8. The number of rotatable bonds is 7. The third-order valence-corrected chi connectivity index (χ3v) is 7.35. The van der Waals surface area contributed by atoms with Crippen LogP contribution in [0.2, 0.25) is 5.02 Å². The molecule has 1 amide bonds. The normalized spacial score (nSPS) is 11.3. The van der Waals surface area contributed by atoms with E-state index in [1.165, 1.54) is 17.4 Å². The van der Waals surface area contributed by atoms with Gasteiger partial charge in [-0.2, -0.15) is 9.61 Å². The summed E-state index contributed by atoms with van der Waals surface area (Å²) in [5.74, 6) is 1.70. The minimum Gasteiger partial charge on any atom is -0.457 e. The van der Waals surface area contributed by atoms with Gasteiger partial charge in [-0.05, 0) is 54.5 Å². The fourth-order valence-corrected chi connectivity index (χ4v) is 4.86. The summed E-state index contributed by atoms with van der Waals surface area (Å²) in [6.45, 7) is 4.44. The van der Waals surface area contributed by atoms with Gasteiger partial charge in [0, 0.05) is 35.2 Å². The van der Waals surface area contributed by atoms with Crippen LogP contribution in [-0.2, 0) is 17.8 Å². The van der Waals surface area contributed by atoms with Crippen LogP contribution in [0.15, 0.2) is 65.1 Å². The van der Waals surface area contributed by atoms with E-state index >= 15 is 0 Å². The van der Waals surface area contributed by atoms with Crippen LogP contribution < -0.4 is 10.6 Å². The summed E-state index contributed by atoms with van der Waals surface area (Å²) in [4.78, 5) is 13.1. The molecular weight excluding hydrogens is 540 g/mol. The highest BCUT2D eigenvalue weighted by Crippen LogP contribution is 2.28. The van der Waals surface area contributed by atoms with Crippen LogP contribution >= 0.6 is 35.2 Å². The Bertz CT molecular complexity index is 1650. The molecule has 0 aliphatic carbocycles. The molecule has 0 aliphatic heterocycles. The number of carbonyl (C=O) groups is 1. The molecule has 3 aromatic heterocycles. The monoisotopic (exact) mass is 562 g/mol. The number of nitrogens with one attached hydrogen (secondary N) is 2. The molecule has 0 spiro atoms. The zero-order valence-corrected chi connectivity index (χ0v) is 23.0. The zero-order valence-electron chi connectivity index (χ0n) is 20.6. The van der Waals surface area contributed by atoms with Gasteiger partial charge < -0.3 is 9.73 Å². The molecule has 0 aliphatic rings. The van der Waals surface area contributed by atoms with E-state index in [-0.39, 0.29) is 11.0 Å². The summed E-state index contributed by atoms with van der Waals surface area (Å²) in [6.07, 6.45) is 3.73. The van der Waals surface area contributed by atoms with Crippen molar-refractivity contribution >= 4 is 57.2 Å². The molecule has 192 valence electrons. The smallest absolute Gasteiger partial charge is 0.250 e. The van der Waals surface area contributed by atoms with Crippen molar-refractivity contribution in [2.24, 2.45) is 0 Å². The Morgan fingerprint density at radius 2 is 1.92 bits per heavy atom. The molecule has 38 heavy (non-hydrogen) atoms. The third-order valence-electron chi connectivity index (χ3n) is 5.74. The molecule has 0 bridgehead atoms.